The van der Waals surface area contributed by atoms with Gasteiger partial charge in [-0.25, -0.2) is 4.98 Å². The van der Waals surface area contributed by atoms with E-state index in [1.807, 2.05) is 32.0 Å². The second kappa shape index (κ2) is 2.85. The minimum atomic E-state index is -0.0354. The van der Waals surface area contributed by atoms with Gasteiger partial charge in [0, 0.05) is 0 Å². The first-order valence-corrected chi connectivity index (χ1v) is 4.39. The fraction of sp³-hybridized carbons (Fsp3) is 0.300. The average Bonchev–Trinajstić information content (AvgIpc) is 2.49. The van der Waals surface area contributed by atoms with E-state index in [9.17, 15) is 0 Å². The molecule has 2 aromatic rings. The van der Waals surface area contributed by atoms with E-state index >= 15 is 0 Å². The zero-order valence-corrected chi connectivity index (χ0v) is 7.83. The second-order valence-corrected chi connectivity index (χ2v) is 3.38. The molecule has 0 amide bonds. The number of nitrogens with one attached hydrogen (secondary N) is 1. The quantitative estimate of drug-likeness (QED) is 0.695. The maximum atomic E-state index is 5.73. The lowest BCUT2D eigenvalue weighted by atomic mass is 10.2. The van der Waals surface area contributed by atoms with Crippen LogP contribution in [0.2, 0.25) is 0 Å². The standard InChI is InChI=1S/C10H13N3/c1-6-4-3-5-8-9(6)13-10(12-8)7(2)11/h3-5,7H,11H2,1-2H3,(H,12,13). The summed E-state index contributed by atoms with van der Waals surface area (Å²) in [6, 6.07) is 6.04. The number of hydrogen-bond donors (Lipinski definition) is 2. The van der Waals surface area contributed by atoms with Crippen molar-refractivity contribution in [1.82, 2.24) is 9.97 Å². The first kappa shape index (κ1) is 8.26. The van der Waals surface area contributed by atoms with Crippen LogP contribution >= 0.6 is 0 Å². The molecule has 1 aromatic heterocycles. The highest BCUT2D eigenvalue weighted by molar-refractivity contribution is 5.78. The summed E-state index contributed by atoms with van der Waals surface area (Å²) in [7, 11) is 0. The van der Waals surface area contributed by atoms with Gasteiger partial charge in [-0.15, -0.1) is 0 Å². The minimum absolute atomic E-state index is 0.0354. The maximum absolute atomic E-state index is 5.73. The van der Waals surface area contributed by atoms with Gasteiger partial charge in [-0.1, -0.05) is 12.1 Å². The summed E-state index contributed by atoms with van der Waals surface area (Å²) in [5, 5.41) is 0. The van der Waals surface area contributed by atoms with Crippen molar-refractivity contribution in [2.24, 2.45) is 5.73 Å². The van der Waals surface area contributed by atoms with Crippen LogP contribution in [-0.2, 0) is 0 Å². The second-order valence-electron chi connectivity index (χ2n) is 3.38. The zero-order valence-electron chi connectivity index (χ0n) is 7.83. The molecule has 1 unspecified atom stereocenters. The van der Waals surface area contributed by atoms with E-state index < -0.39 is 0 Å². The summed E-state index contributed by atoms with van der Waals surface area (Å²) in [6.45, 7) is 3.97. The molecule has 1 aromatic carbocycles. The van der Waals surface area contributed by atoms with Gasteiger partial charge in [0.1, 0.15) is 5.82 Å². The van der Waals surface area contributed by atoms with Crippen LogP contribution in [0.4, 0.5) is 0 Å². The molecule has 0 saturated heterocycles. The van der Waals surface area contributed by atoms with Crippen LogP contribution in [0.5, 0.6) is 0 Å². The van der Waals surface area contributed by atoms with Crippen molar-refractivity contribution in [1.29, 1.82) is 0 Å². The molecular formula is C10H13N3. The Morgan fingerprint density at radius 3 is 2.85 bits per heavy atom. The molecule has 0 spiro atoms. The third kappa shape index (κ3) is 1.31. The minimum Gasteiger partial charge on any atom is -0.341 e. The Hall–Kier alpha value is -1.35. The van der Waals surface area contributed by atoms with Crippen LogP contribution in [0.15, 0.2) is 18.2 Å². The van der Waals surface area contributed by atoms with Gasteiger partial charge in [0.05, 0.1) is 17.1 Å². The van der Waals surface area contributed by atoms with Crippen molar-refractivity contribution in [2.45, 2.75) is 19.9 Å². The number of fused-ring (bicyclic) bond motifs is 1. The maximum Gasteiger partial charge on any atom is 0.123 e. The third-order valence-corrected chi connectivity index (χ3v) is 2.16. The van der Waals surface area contributed by atoms with E-state index in [0.717, 1.165) is 16.9 Å². The van der Waals surface area contributed by atoms with Gasteiger partial charge in [0.15, 0.2) is 0 Å². The summed E-state index contributed by atoms with van der Waals surface area (Å²) in [6.07, 6.45) is 0. The molecule has 68 valence electrons. The molecule has 0 aliphatic heterocycles. The highest BCUT2D eigenvalue weighted by Gasteiger charge is 2.06. The third-order valence-electron chi connectivity index (χ3n) is 2.16. The fourth-order valence-electron chi connectivity index (χ4n) is 1.41. The Morgan fingerprint density at radius 1 is 1.46 bits per heavy atom. The molecule has 1 atom stereocenters. The molecule has 0 aliphatic rings. The van der Waals surface area contributed by atoms with E-state index in [0.29, 0.717) is 0 Å². The van der Waals surface area contributed by atoms with Crippen LogP contribution in [0, 0.1) is 6.92 Å². The number of rotatable bonds is 1. The van der Waals surface area contributed by atoms with Crippen LogP contribution in [0.25, 0.3) is 11.0 Å². The number of nitrogens with zero attached hydrogens (tertiary/aromatic N) is 1. The number of aromatic amines is 1. The van der Waals surface area contributed by atoms with Gasteiger partial charge in [0.25, 0.3) is 0 Å². The summed E-state index contributed by atoms with van der Waals surface area (Å²) < 4.78 is 0. The Morgan fingerprint density at radius 2 is 2.23 bits per heavy atom. The molecule has 3 heteroatoms. The Kier molecular flexibility index (Phi) is 1.81. The number of imidazole rings is 1. The summed E-state index contributed by atoms with van der Waals surface area (Å²) in [4.78, 5) is 7.63. The molecule has 2 rings (SSSR count). The Labute approximate surface area is 77.0 Å². The van der Waals surface area contributed by atoms with Crippen LogP contribution in [0.3, 0.4) is 0 Å². The van der Waals surface area contributed by atoms with Gasteiger partial charge in [-0.05, 0) is 25.5 Å². The van der Waals surface area contributed by atoms with E-state index in [4.69, 9.17) is 5.73 Å². The van der Waals surface area contributed by atoms with Crippen molar-refractivity contribution in [3.63, 3.8) is 0 Å². The molecule has 0 bridgehead atoms. The molecule has 13 heavy (non-hydrogen) atoms. The van der Waals surface area contributed by atoms with E-state index in [-0.39, 0.29) is 6.04 Å². The van der Waals surface area contributed by atoms with Crippen LogP contribution < -0.4 is 5.73 Å². The van der Waals surface area contributed by atoms with Crippen LogP contribution in [0.1, 0.15) is 24.4 Å². The van der Waals surface area contributed by atoms with Crippen molar-refractivity contribution >= 4 is 11.0 Å². The summed E-state index contributed by atoms with van der Waals surface area (Å²) >= 11 is 0. The monoisotopic (exact) mass is 175 g/mol. The molecule has 0 saturated carbocycles. The van der Waals surface area contributed by atoms with E-state index in [2.05, 4.69) is 9.97 Å². The smallest absolute Gasteiger partial charge is 0.123 e. The van der Waals surface area contributed by atoms with Gasteiger partial charge < -0.3 is 10.7 Å². The SMILES string of the molecule is Cc1cccc2[nH]c(C(C)N)nc12. The van der Waals surface area contributed by atoms with Crippen molar-refractivity contribution in [3.05, 3.63) is 29.6 Å². The molecular weight excluding hydrogens is 162 g/mol. The summed E-state index contributed by atoms with van der Waals surface area (Å²) in [5.41, 5.74) is 9.00. The average molecular weight is 175 g/mol. The lowest BCUT2D eigenvalue weighted by Gasteiger charge is -1.96. The number of aryl methyl sites for hydroxylation is 1. The molecule has 3 N–H and O–H groups in total. The first-order chi connectivity index (χ1) is 6.18. The van der Waals surface area contributed by atoms with Gasteiger partial charge in [0.2, 0.25) is 0 Å². The number of nitrogens with two attached hydrogens (primary N) is 1. The van der Waals surface area contributed by atoms with Crippen LogP contribution in [-0.4, -0.2) is 9.97 Å². The predicted octanol–water partition coefficient (Wildman–Crippen LogP) is 1.89. The van der Waals surface area contributed by atoms with Crippen molar-refractivity contribution in [2.75, 3.05) is 0 Å². The predicted molar refractivity (Wildman–Crippen MR) is 53.4 cm³/mol. The number of hydrogen-bond acceptors (Lipinski definition) is 2. The lowest BCUT2D eigenvalue weighted by Crippen LogP contribution is -2.06. The van der Waals surface area contributed by atoms with Gasteiger partial charge >= 0.3 is 0 Å². The largest absolute Gasteiger partial charge is 0.341 e. The first-order valence-electron chi connectivity index (χ1n) is 4.39. The zero-order chi connectivity index (χ0) is 9.42. The molecule has 1 heterocycles. The Balaban J connectivity index is 2.68. The van der Waals surface area contributed by atoms with Crippen molar-refractivity contribution in [3.8, 4) is 0 Å². The van der Waals surface area contributed by atoms with Crippen molar-refractivity contribution < 1.29 is 0 Å². The number of para-hydroxylation sites is 1. The fourth-order valence-corrected chi connectivity index (χ4v) is 1.41. The number of aromatic nitrogens is 2. The van der Waals surface area contributed by atoms with E-state index in [1.165, 1.54) is 5.56 Å². The highest BCUT2D eigenvalue weighted by atomic mass is 15.0. The highest BCUT2D eigenvalue weighted by Crippen LogP contribution is 2.17. The topological polar surface area (TPSA) is 54.7 Å². The Bertz CT molecular complexity index is 429. The van der Waals surface area contributed by atoms with Gasteiger partial charge in [-0.2, -0.15) is 0 Å². The molecule has 0 aliphatic carbocycles. The van der Waals surface area contributed by atoms with E-state index in [1.54, 1.807) is 0 Å². The molecule has 0 radical (unpaired) electrons. The normalized spacial score (nSPS) is 13.5. The van der Waals surface area contributed by atoms with Gasteiger partial charge in [-0.3, -0.25) is 0 Å². The lowest BCUT2D eigenvalue weighted by molar-refractivity contribution is 0.760. The molecule has 3 nitrogen and oxygen atoms in total. The molecule has 0 fully saturated rings. The number of benzene rings is 1. The summed E-state index contributed by atoms with van der Waals surface area (Å²) in [5.74, 6) is 0.851. The number of H-pyrrole nitrogens is 1.